The molecule has 7 heteroatoms. The van der Waals surface area contributed by atoms with Crippen LogP contribution in [0.4, 0.5) is 5.69 Å². The van der Waals surface area contributed by atoms with Crippen LogP contribution in [0.1, 0.15) is 11.1 Å². The van der Waals surface area contributed by atoms with Crippen molar-refractivity contribution in [2.75, 3.05) is 26.2 Å². The molecule has 0 N–H and O–H groups in total. The van der Waals surface area contributed by atoms with Crippen LogP contribution < -0.4 is 19.1 Å². The summed E-state index contributed by atoms with van der Waals surface area (Å²) in [6.07, 6.45) is 0. The van der Waals surface area contributed by atoms with Crippen LogP contribution in [0.2, 0.25) is 0 Å². The van der Waals surface area contributed by atoms with E-state index < -0.39 is 11.8 Å². The summed E-state index contributed by atoms with van der Waals surface area (Å²) in [4.78, 5) is 26.9. The standard InChI is InChI=1S/C20H18ClNO5/c1-11-5-7-14(25-2)13(9-11)22-19(23)17(18(21)20(22)24)12-6-8-15(26-3)16(10-12)27-4/h5-10H,1-4H3. The summed E-state index contributed by atoms with van der Waals surface area (Å²) in [5, 5.41) is -0.157. The van der Waals surface area contributed by atoms with E-state index in [4.69, 9.17) is 25.8 Å². The molecule has 0 bridgehead atoms. The molecule has 0 spiro atoms. The Bertz CT molecular complexity index is 967. The minimum atomic E-state index is -0.602. The number of imide groups is 1. The maximum Gasteiger partial charge on any atom is 0.277 e. The smallest absolute Gasteiger partial charge is 0.277 e. The van der Waals surface area contributed by atoms with Crippen molar-refractivity contribution in [3.8, 4) is 17.2 Å². The van der Waals surface area contributed by atoms with Crippen molar-refractivity contribution in [2.24, 2.45) is 0 Å². The predicted octanol–water partition coefficient (Wildman–Crippen LogP) is 3.54. The van der Waals surface area contributed by atoms with Gasteiger partial charge in [0.25, 0.3) is 11.8 Å². The second-order valence-electron chi connectivity index (χ2n) is 5.88. The molecule has 1 heterocycles. The van der Waals surface area contributed by atoms with E-state index in [0.29, 0.717) is 28.5 Å². The third-order valence-corrected chi connectivity index (χ3v) is 4.63. The molecule has 0 aliphatic carbocycles. The fraction of sp³-hybridized carbons (Fsp3) is 0.200. The SMILES string of the molecule is COc1ccc(C2=C(Cl)C(=O)N(c3cc(C)ccc3OC)C2=O)cc1OC. The van der Waals surface area contributed by atoms with E-state index in [0.717, 1.165) is 10.5 Å². The van der Waals surface area contributed by atoms with E-state index in [-0.39, 0.29) is 10.6 Å². The Morgan fingerprint density at radius 3 is 2.07 bits per heavy atom. The maximum atomic E-state index is 13.1. The van der Waals surface area contributed by atoms with E-state index in [1.54, 1.807) is 30.3 Å². The van der Waals surface area contributed by atoms with Crippen molar-refractivity contribution in [3.63, 3.8) is 0 Å². The van der Waals surface area contributed by atoms with Gasteiger partial charge in [-0.1, -0.05) is 23.7 Å². The quantitative estimate of drug-likeness (QED) is 0.734. The lowest BCUT2D eigenvalue weighted by atomic mass is 10.1. The van der Waals surface area contributed by atoms with Crippen LogP contribution in [0.3, 0.4) is 0 Å². The Labute approximate surface area is 161 Å². The Balaban J connectivity index is 2.09. The third kappa shape index (κ3) is 3.13. The molecular weight excluding hydrogens is 370 g/mol. The van der Waals surface area contributed by atoms with Crippen molar-refractivity contribution in [1.29, 1.82) is 0 Å². The molecule has 3 rings (SSSR count). The highest BCUT2D eigenvalue weighted by Crippen LogP contribution is 2.40. The number of nitrogens with zero attached hydrogens (tertiary/aromatic N) is 1. The molecule has 2 aromatic rings. The second-order valence-corrected chi connectivity index (χ2v) is 6.26. The summed E-state index contributed by atoms with van der Waals surface area (Å²) in [6, 6.07) is 10.2. The molecule has 140 valence electrons. The Hall–Kier alpha value is -2.99. The zero-order chi connectivity index (χ0) is 19.7. The van der Waals surface area contributed by atoms with Gasteiger partial charge >= 0.3 is 0 Å². The van der Waals surface area contributed by atoms with Gasteiger partial charge in [0.2, 0.25) is 0 Å². The molecule has 1 aliphatic rings. The molecule has 0 saturated heterocycles. The minimum absolute atomic E-state index is 0.103. The van der Waals surface area contributed by atoms with E-state index >= 15 is 0 Å². The number of carbonyl (C=O) groups is 2. The van der Waals surface area contributed by atoms with Gasteiger partial charge in [-0.2, -0.15) is 0 Å². The van der Waals surface area contributed by atoms with Gasteiger partial charge < -0.3 is 14.2 Å². The zero-order valence-electron chi connectivity index (χ0n) is 15.3. The Kier molecular flexibility index (Phi) is 5.10. The fourth-order valence-electron chi connectivity index (χ4n) is 2.94. The number of halogens is 1. The number of ether oxygens (including phenoxy) is 3. The van der Waals surface area contributed by atoms with Crippen LogP contribution in [0, 0.1) is 6.92 Å². The molecule has 6 nitrogen and oxygen atoms in total. The van der Waals surface area contributed by atoms with Crippen LogP contribution in [-0.4, -0.2) is 33.1 Å². The molecule has 0 aromatic heterocycles. The topological polar surface area (TPSA) is 65.1 Å². The van der Waals surface area contributed by atoms with E-state index in [1.807, 2.05) is 13.0 Å². The van der Waals surface area contributed by atoms with Crippen LogP contribution in [0.5, 0.6) is 17.2 Å². The average molecular weight is 388 g/mol. The van der Waals surface area contributed by atoms with Crippen LogP contribution >= 0.6 is 11.6 Å². The zero-order valence-corrected chi connectivity index (χ0v) is 16.1. The van der Waals surface area contributed by atoms with Crippen LogP contribution in [-0.2, 0) is 9.59 Å². The van der Waals surface area contributed by atoms with Gasteiger partial charge in [-0.3, -0.25) is 9.59 Å². The molecule has 0 unspecified atom stereocenters. The van der Waals surface area contributed by atoms with Gasteiger partial charge in [0.15, 0.2) is 11.5 Å². The number of rotatable bonds is 5. The molecule has 0 radical (unpaired) electrons. The summed E-state index contributed by atoms with van der Waals surface area (Å²) in [7, 11) is 4.48. The van der Waals surface area contributed by atoms with Gasteiger partial charge in [0, 0.05) is 0 Å². The molecule has 0 atom stereocenters. The van der Waals surface area contributed by atoms with Crippen molar-refractivity contribution in [2.45, 2.75) is 6.92 Å². The van der Waals surface area contributed by atoms with E-state index in [2.05, 4.69) is 0 Å². The lowest BCUT2D eigenvalue weighted by Crippen LogP contribution is -2.31. The molecule has 0 saturated carbocycles. The summed E-state index contributed by atoms with van der Waals surface area (Å²) in [5.74, 6) is 0.211. The minimum Gasteiger partial charge on any atom is -0.495 e. The summed E-state index contributed by atoms with van der Waals surface area (Å²) < 4.78 is 15.8. The third-order valence-electron chi connectivity index (χ3n) is 4.27. The average Bonchev–Trinajstić information content (AvgIpc) is 2.89. The molecule has 27 heavy (non-hydrogen) atoms. The first-order valence-electron chi connectivity index (χ1n) is 8.08. The Morgan fingerprint density at radius 1 is 0.815 bits per heavy atom. The lowest BCUT2D eigenvalue weighted by Gasteiger charge is -2.18. The van der Waals surface area contributed by atoms with Gasteiger partial charge in [-0.25, -0.2) is 4.90 Å². The summed E-state index contributed by atoms with van der Waals surface area (Å²) in [6.45, 7) is 1.86. The maximum absolute atomic E-state index is 13.1. The number of hydrogen-bond acceptors (Lipinski definition) is 5. The first kappa shape index (κ1) is 18.8. The fourth-order valence-corrected chi connectivity index (χ4v) is 3.21. The largest absolute Gasteiger partial charge is 0.495 e. The van der Waals surface area contributed by atoms with Crippen molar-refractivity contribution < 1.29 is 23.8 Å². The monoisotopic (exact) mass is 387 g/mol. The van der Waals surface area contributed by atoms with Crippen molar-refractivity contribution in [3.05, 3.63) is 52.6 Å². The molecule has 1 aliphatic heterocycles. The number of aryl methyl sites for hydroxylation is 1. The number of benzene rings is 2. The summed E-state index contributed by atoms with van der Waals surface area (Å²) >= 11 is 6.26. The van der Waals surface area contributed by atoms with Crippen molar-refractivity contribution in [1.82, 2.24) is 0 Å². The molecule has 0 fully saturated rings. The predicted molar refractivity (Wildman–Crippen MR) is 103 cm³/mol. The molecule has 2 aromatic carbocycles. The van der Waals surface area contributed by atoms with Crippen LogP contribution in [0.25, 0.3) is 5.57 Å². The van der Waals surface area contributed by atoms with Gasteiger partial charge in [-0.05, 0) is 42.3 Å². The van der Waals surface area contributed by atoms with Gasteiger partial charge in [0.05, 0.1) is 32.6 Å². The summed E-state index contributed by atoms with van der Waals surface area (Å²) in [5.41, 5.74) is 1.79. The van der Waals surface area contributed by atoms with Gasteiger partial charge in [0.1, 0.15) is 10.8 Å². The highest BCUT2D eigenvalue weighted by atomic mass is 35.5. The first-order chi connectivity index (χ1) is 12.9. The van der Waals surface area contributed by atoms with Gasteiger partial charge in [-0.15, -0.1) is 0 Å². The normalized spacial score (nSPS) is 14.0. The highest BCUT2D eigenvalue weighted by Gasteiger charge is 2.40. The number of carbonyl (C=O) groups excluding carboxylic acids is 2. The van der Waals surface area contributed by atoms with E-state index in [1.165, 1.54) is 21.3 Å². The lowest BCUT2D eigenvalue weighted by molar-refractivity contribution is -0.119. The first-order valence-corrected chi connectivity index (χ1v) is 8.46. The number of amides is 2. The number of hydrogen-bond donors (Lipinski definition) is 0. The highest BCUT2D eigenvalue weighted by molar-refractivity contribution is 6.60. The molecular formula is C20H18ClNO5. The second kappa shape index (κ2) is 7.32. The van der Waals surface area contributed by atoms with Crippen molar-refractivity contribution >= 4 is 34.7 Å². The van der Waals surface area contributed by atoms with E-state index in [9.17, 15) is 9.59 Å². The number of anilines is 1. The number of methoxy groups -OCH3 is 3. The van der Waals surface area contributed by atoms with Crippen LogP contribution in [0.15, 0.2) is 41.4 Å². The Morgan fingerprint density at radius 2 is 1.44 bits per heavy atom. The molecule has 2 amide bonds.